The summed E-state index contributed by atoms with van der Waals surface area (Å²) in [6.45, 7) is -2.94. The molecule has 0 N–H and O–H groups in total. The van der Waals surface area contributed by atoms with Gasteiger partial charge in [0, 0.05) is 10.9 Å². The third kappa shape index (κ3) is 3.05. The summed E-state index contributed by atoms with van der Waals surface area (Å²) in [6, 6.07) is 4.57. The number of ether oxygens (including phenoxy) is 2. The fourth-order valence-corrected chi connectivity index (χ4v) is 2.23. The number of aldehydes is 1. The molecule has 0 aliphatic heterocycles. The third-order valence-corrected chi connectivity index (χ3v) is 3.18. The van der Waals surface area contributed by atoms with E-state index in [1.54, 1.807) is 11.4 Å². The molecular weight excluding hydrogens is 276 g/mol. The molecule has 2 rings (SSSR count). The molecule has 1 aromatic heterocycles. The molecule has 19 heavy (non-hydrogen) atoms. The lowest BCUT2D eigenvalue weighted by molar-refractivity contribution is -0.0511. The highest BCUT2D eigenvalue weighted by atomic mass is 32.1. The van der Waals surface area contributed by atoms with E-state index in [4.69, 9.17) is 4.74 Å². The minimum absolute atomic E-state index is 0.0714. The number of thiazole rings is 1. The molecule has 0 unspecified atom stereocenters. The van der Waals surface area contributed by atoms with Gasteiger partial charge in [0.05, 0.1) is 7.11 Å². The van der Waals surface area contributed by atoms with Crippen LogP contribution in [-0.2, 0) is 0 Å². The fraction of sp³-hybridized carbons (Fsp3) is 0.167. The van der Waals surface area contributed by atoms with Gasteiger partial charge in [0.25, 0.3) is 0 Å². The first-order valence-electron chi connectivity index (χ1n) is 5.18. The smallest absolute Gasteiger partial charge is 0.387 e. The largest absolute Gasteiger partial charge is 0.493 e. The number of hydrogen-bond acceptors (Lipinski definition) is 5. The molecule has 0 bridgehead atoms. The summed E-state index contributed by atoms with van der Waals surface area (Å²) in [7, 11) is 1.36. The molecule has 0 saturated heterocycles. The SMILES string of the molecule is COc1ccc(-c2nc(C=O)cs2)cc1OC(F)F. The van der Waals surface area contributed by atoms with Gasteiger partial charge in [-0.15, -0.1) is 11.3 Å². The summed E-state index contributed by atoms with van der Waals surface area (Å²) in [6.07, 6.45) is 0.625. The Hall–Kier alpha value is -2.02. The van der Waals surface area contributed by atoms with Crippen molar-refractivity contribution in [1.29, 1.82) is 0 Å². The molecule has 0 aliphatic carbocycles. The minimum atomic E-state index is -2.94. The maximum absolute atomic E-state index is 12.3. The van der Waals surface area contributed by atoms with Gasteiger partial charge >= 0.3 is 6.61 Å². The van der Waals surface area contributed by atoms with E-state index in [-0.39, 0.29) is 11.5 Å². The van der Waals surface area contributed by atoms with Crippen LogP contribution in [0.5, 0.6) is 11.5 Å². The van der Waals surface area contributed by atoms with Gasteiger partial charge in [-0.3, -0.25) is 4.79 Å². The molecule has 1 aromatic carbocycles. The van der Waals surface area contributed by atoms with Crippen molar-refractivity contribution in [2.75, 3.05) is 7.11 Å². The van der Waals surface area contributed by atoms with Crippen LogP contribution < -0.4 is 9.47 Å². The van der Waals surface area contributed by atoms with Gasteiger partial charge in [0.1, 0.15) is 10.7 Å². The van der Waals surface area contributed by atoms with Gasteiger partial charge in [-0.25, -0.2) is 4.98 Å². The van der Waals surface area contributed by atoms with Gasteiger partial charge < -0.3 is 9.47 Å². The number of nitrogens with zero attached hydrogens (tertiary/aromatic N) is 1. The minimum Gasteiger partial charge on any atom is -0.493 e. The van der Waals surface area contributed by atoms with E-state index in [1.807, 2.05) is 0 Å². The van der Waals surface area contributed by atoms with Crippen LogP contribution in [0.1, 0.15) is 10.5 Å². The van der Waals surface area contributed by atoms with Crippen molar-refractivity contribution in [2.24, 2.45) is 0 Å². The van der Waals surface area contributed by atoms with Crippen molar-refractivity contribution in [3.8, 4) is 22.1 Å². The van der Waals surface area contributed by atoms with E-state index in [9.17, 15) is 13.6 Å². The zero-order chi connectivity index (χ0) is 13.8. The molecule has 0 amide bonds. The first-order valence-corrected chi connectivity index (χ1v) is 6.06. The predicted molar refractivity (Wildman–Crippen MR) is 66.1 cm³/mol. The molecule has 100 valence electrons. The first kappa shape index (κ1) is 13.4. The lowest BCUT2D eigenvalue weighted by atomic mass is 10.2. The van der Waals surface area contributed by atoms with E-state index in [2.05, 4.69) is 9.72 Å². The highest BCUT2D eigenvalue weighted by Gasteiger charge is 2.13. The molecule has 4 nitrogen and oxygen atoms in total. The molecular formula is C12H9F2NO3S. The van der Waals surface area contributed by atoms with E-state index < -0.39 is 6.61 Å². The van der Waals surface area contributed by atoms with Gasteiger partial charge in [0.15, 0.2) is 17.8 Å². The Morgan fingerprint density at radius 2 is 2.16 bits per heavy atom. The van der Waals surface area contributed by atoms with Gasteiger partial charge in [-0.05, 0) is 18.2 Å². The van der Waals surface area contributed by atoms with Crippen LogP contribution in [-0.4, -0.2) is 25.0 Å². The summed E-state index contributed by atoms with van der Waals surface area (Å²) in [5.41, 5.74) is 0.877. The number of hydrogen-bond donors (Lipinski definition) is 0. The molecule has 0 spiro atoms. The van der Waals surface area contributed by atoms with Crippen LogP contribution in [0.25, 0.3) is 10.6 Å². The van der Waals surface area contributed by atoms with Gasteiger partial charge in [-0.1, -0.05) is 0 Å². The quantitative estimate of drug-likeness (QED) is 0.791. The fourth-order valence-electron chi connectivity index (χ4n) is 1.47. The van der Waals surface area contributed by atoms with E-state index in [1.165, 1.54) is 30.6 Å². The monoisotopic (exact) mass is 285 g/mol. The van der Waals surface area contributed by atoms with Crippen molar-refractivity contribution in [1.82, 2.24) is 4.98 Å². The average Bonchev–Trinajstić information content (AvgIpc) is 2.86. The Bertz CT molecular complexity index is 586. The summed E-state index contributed by atoms with van der Waals surface area (Å²) in [5, 5.41) is 2.13. The second kappa shape index (κ2) is 5.75. The van der Waals surface area contributed by atoms with Gasteiger partial charge in [-0.2, -0.15) is 8.78 Å². The number of halogens is 2. The lowest BCUT2D eigenvalue weighted by Gasteiger charge is -2.10. The van der Waals surface area contributed by atoms with Crippen molar-refractivity contribution >= 4 is 17.6 Å². The highest BCUT2D eigenvalue weighted by molar-refractivity contribution is 7.13. The van der Waals surface area contributed by atoms with Crippen LogP contribution in [0.15, 0.2) is 23.6 Å². The Kier molecular flexibility index (Phi) is 4.06. The van der Waals surface area contributed by atoms with Crippen LogP contribution in [0.2, 0.25) is 0 Å². The molecule has 1 heterocycles. The number of rotatable bonds is 5. The normalized spacial score (nSPS) is 10.5. The van der Waals surface area contributed by atoms with Crippen LogP contribution >= 0.6 is 11.3 Å². The number of aromatic nitrogens is 1. The van der Waals surface area contributed by atoms with Crippen molar-refractivity contribution < 1.29 is 23.0 Å². The maximum Gasteiger partial charge on any atom is 0.387 e. The standard InChI is InChI=1S/C12H9F2NO3S/c1-17-9-3-2-7(4-10(9)18-12(13)14)11-15-8(5-16)6-19-11/h2-6,12H,1H3. The van der Waals surface area contributed by atoms with Crippen LogP contribution in [0, 0.1) is 0 Å². The molecule has 0 radical (unpaired) electrons. The van der Waals surface area contributed by atoms with E-state index >= 15 is 0 Å². The molecule has 0 aliphatic rings. The van der Waals surface area contributed by atoms with Crippen LogP contribution in [0.3, 0.4) is 0 Å². The lowest BCUT2D eigenvalue weighted by Crippen LogP contribution is -2.03. The molecule has 7 heteroatoms. The van der Waals surface area contributed by atoms with E-state index in [0.717, 1.165) is 0 Å². The predicted octanol–water partition coefficient (Wildman–Crippen LogP) is 3.23. The zero-order valence-corrected chi connectivity index (χ0v) is 10.6. The first-order chi connectivity index (χ1) is 9.13. The average molecular weight is 285 g/mol. The summed E-state index contributed by atoms with van der Waals surface area (Å²) < 4.78 is 33.9. The summed E-state index contributed by atoms with van der Waals surface area (Å²) >= 11 is 1.24. The molecule has 0 saturated carbocycles. The molecule has 0 atom stereocenters. The Balaban J connectivity index is 2.38. The van der Waals surface area contributed by atoms with Crippen molar-refractivity contribution in [3.63, 3.8) is 0 Å². The Morgan fingerprint density at radius 1 is 1.37 bits per heavy atom. The van der Waals surface area contributed by atoms with Crippen molar-refractivity contribution in [2.45, 2.75) is 6.61 Å². The number of benzene rings is 1. The Labute approximate surface area is 111 Å². The van der Waals surface area contributed by atoms with Gasteiger partial charge in [0.2, 0.25) is 0 Å². The van der Waals surface area contributed by atoms with Crippen molar-refractivity contribution in [3.05, 3.63) is 29.3 Å². The highest BCUT2D eigenvalue weighted by Crippen LogP contribution is 2.34. The summed E-state index contributed by atoms with van der Waals surface area (Å²) in [4.78, 5) is 14.6. The van der Waals surface area contributed by atoms with E-state index in [0.29, 0.717) is 22.6 Å². The number of alkyl halides is 2. The third-order valence-electron chi connectivity index (χ3n) is 2.27. The zero-order valence-electron chi connectivity index (χ0n) is 9.80. The Morgan fingerprint density at radius 3 is 2.74 bits per heavy atom. The number of methoxy groups -OCH3 is 1. The second-order valence-corrected chi connectivity index (χ2v) is 4.30. The molecule has 2 aromatic rings. The summed E-state index contributed by atoms with van der Waals surface area (Å²) in [5.74, 6) is 0.133. The number of carbonyl (C=O) groups is 1. The number of carbonyl (C=O) groups excluding carboxylic acids is 1. The topological polar surface area (TPSA) is 48.4 Å². The molecule has 0 fully saturated rings. The maximum atomic E-state index is 12.3. The second-order valence-electron chi connectivity index (χ2n) is 3.44. The van der Waals surface area contributed by atoms with Crippen LogP contribution in [0.4, 0.5) is 8.78 Å².